The Morgan fingerprint density at radius 2 is 2.00 bits per heavy atom. The zero-order valence-electron chi connectivity index (χ0n) is 7.85. The summed E-state index contributed by atoms with van der Waals surface area (Å²) in [5, 5.41) is 0. The summed E-state index contributed by atoms with van der Waals surface area (Å²) in [6.45, 7) is 3.66. The van der Waals surface area contributed by atoms with Crippen LogP contribution in [0, 0.1) is 5.41 Å². The molecule has 3 nitrogen and oxygen atoms in total. The van der Waals surface area contributed by atoms with E-state index < -0.39 is 11.8 Å². The number of alkyl halides is 2. The maximum absolute atomic E-state index is 12.6. The Hall–Kier alpha value is -0.710. The van der Waals surface area contributed by atoms with Gasteiger partial charge in [0.1, 0.15) is 5.84 Å². The van der Waals surface area contributed by atoms with Gasteiger partial charge in [0.2, 0.25) is 0 Å². The summed E-state index contributed by atoms with van der Waals surface area (Å²) in [6.07, 6.45) is -1.43. The summed E-state index contributed by atoms with van der Waals surface area (Å²) in [7, 11) is 0. The van der Waals surface area contributed by atoms with Crippen molar-refractivity contribution < 1.29 is 8.78 Å². The fourth-order valence-corrected chi connectivity index (χ4v) is 1.26. The van der Waals surface area contributed by atoms with Crippen molar-refractivity contribution in [2.24, 2.45) is 16.3 Å². The molecule has 1 saturated carbocycles. The molecule has 0 aromatic heterocycles. The highest BCUT2D eigenvalue weighted by Gasteiger charge is 2.55. The molecule has 1 aliphatic carbocycles. The van der Waals surface area contributed by atoms with Gasteiger partial charge in [-0.3, -0.25) is 4.99 Å². The number of halogens is 2. The first-order valence-corrected chi connectivity index (χ1v) is 4.36. The van der Waals surface area contributed by atoms with Gasteiger partial charge >= 0.3 is 0 Å². The van der Waals surface area contributed by atoms with Gasteiger partial charge < -0.3 is 5.43 Å². The molecule has 1 aliphatic rings. The predicted molar refractivity (Wildman–Crippen MR) is 47.6 cm³/mol. The number of hydrazine groups is 1. The number of hydrogen-bond donors (Lipinski definition) is 2. The quantitative estimate of drug-likeness (QED) is 0.306. The predicted octanol–water partition coefficient (Wildman–Crippen LogP) is 1.30. The molecule has 0 aromatic carbocycles. The van der Waals surface area contributed by atoms with E-state index >= 15 is 0 Å². The lowest BCUT2D eigenvalue weighted by Crippen LogP contribution is -2.41. The fourth-order valence-electron chi connectivity index (χ4n) is 1.26. The van der Waals surface area contributed by atoms with Gasteiger partial charge in [-0.05, 0) is 26.7 Å². The van der Waals surface area contributed by atoms with E-state index in [0.717, 1.165) is 0 Å². The van der Waals surface area contributed by atoms with Crippen LogP contribution in [0.2, 0.25) is 0 Å². The second kappa shape index (κ2) is 3.57. The van der Waals surface area contributed by atoms with E-state index in [1.807, 2.05) is 13.8 Å². The number of aliphatic imine (C=N–C) groups is 1. The molecule has 0 spiro atoms. The van der Waals surface area contributed by atoms with Gasteiger partial charge in [-0.1, -0.05) is 0 Å². The maximum Gasteiger partial charge on any atom is 0.251 e. The summed E-state index contributed by atoms with van der Waals surface area (Å²) < 4.78 is 25.2. The van der Waals surface area contributed by atoms with Gasteiger partial charge in [0.05, 0.1) is 5.41 Å². The van der Waals surface area contributed by atoms with Crippen molar-refractivity contribution in [3.8, 4) is 0 Å². The van der Waals surface area contributed by atoms with Gasteiger partial charge in [0.25, 0.3) is 6.43 Å². The molecular weight excluding hydrogens is 176 g/mol. The first kappa shape index (κ1) is 10.4. The number of nitrogens with zero attached hydrogens (tertiary/aromatic N) is 1. The zero-order chi connectivity index (χ0) is 10.1. The molecule has 0 amide bonds. The summed E-state index contributed by atoms with van der Waals surface area (Å²) in [5.74, 6) is 5.42. The third-order valence-electron chi connectivity index (χ3n) is 2.20. The molecule has 0 atom stereocenters. The maximum atomic E-state index is 12.6. The fraction of sp³-hybridized carbons (Fsp3) is 0.875. The topological polar surface area (TPSA) is 50.4 Å². The molecule has 0 aliphatic heterocycles. The Morgan fingerprint density at radius 1 is 1.46 bits per heavy atom. The van der Waals surface area contributed by atoms with E-state index in [-0.39, 0.29) is 11.9 Å². The first-order valence-electron chi connectivity index (χ1n) is 4.36. The normalized spacial score (nSPS) is 21.0. The van der Waals surface area contributed by atoms with Crippen molar-refractivity contribution in [2.45, 2.75) is 39.2 Å². The summed E-state index contributed by atoms with van der Waals surface area (Å²) >= 11 is 0. The van der Waals surface area contributed by atoms with Crippen LogP contribution in [0.1, 0.15) is 26.7 Å². The Balaban J connectivity index is 2.78. The van der Waals surface area contributed by atoms with Crippen LogP contribution in [0.5, 0.6) is 0 Å². The van der Waals surface area contributed by atoms with Crippen LogP contribution in [-0.4, -0.2) is 18.3 Å². The molecule has 0 aromatic rings. The molecule has 1 fully saturated rings. The van der Waals surface area contributed by atoms with Gasteiger partial charge in [0.15, 0.2) is 0 Å². The number of nitrogens with one attached hydrogen (secondary N) is 1. The summed E-state index contributed by atoms with van der Waals surface area (Å²) in [6, 6.07) is -0.0118. The van der Waals surface area contributed by atoms with Gasteiger partial charge in [-0.15, -0.1) is 0 Å². The van der Waals surface area contributed by atoms with Crippen molar-refractivity contribution in [1.82, 2.24) is 5.43 Å². The Bertz CT molecular complexity index is 209. The lowest BCUT2D eigenvalue weighted by atomic mass is 10.1. The van der Waals surface area contributed by atoms with Crippen molar-refractivity contribution in [1.29, 1.82) is 0 Å². The van der Waals surface area contributed by atoms with Gasteiger partial charge in [0, 0.05) is 6.04 Å². The van der Waals surface area contributed by atoms with E-state index in [4.69, 9.17) is 5.84 Å². The van der Waals surface area contributed by atoms with Crippen LogP contribution in [-0.2, 0) is 0 Å². The third-order valence-corrected chi connectivity index (χ3v) is 2.20. The SMILES string of the molecule is CC(C)N=C(NN)C1(C(F)F)CC1. The van der Waals surface area contributed by atoms with E-state index in [1.54, 1.807) is 0 Å². The van der Waals surface area contributed by atoms with Crippen molar-refractivity contribution in [3.63, 3.8) is 0 Å². The zero-order valence-corrected chi connectivity index (χ0v) is 7.85. The van der Waals surface area contributed by atoms with Crippen LogP contribution in [0.15, 0.2) is 4.99 Å². The standard InChI is InChI=1S/C8H15F2N3/c1-5(2)12-7(13-11)8(3-4-8)6(9)10/h5-6H,3-4,11H2,1-2H3,(H,12,13). The van der Waals surface area contributed by atoms with E-state index in [9.17, 15) is 8.78 Å². The number of rotatable bonds is 3. The Morgan fingerprint density at radius 3 is 2.23 bits per heavy atom. The number of amidine groups is 1. The van der Waals surface area contributed by atoms with Crippen molar-refractivity contribution in [2.75, 3.05) is 0 Å². The summed E-state index contributed by atoms with van der Waals surface area (Å²) in [4.78, 5) is 4.05. The van der Waals surface area contributed by atoms with Crippen LogP contribution in [0.25, 0.3) is 0 Å². The monoisotopic (exact) mass is 191 g/mol. The van der Waals surface area contributed by atoms with E-state index in [1.165, 1.54) is 0 Å². The second-order valence-corrected chi connectivity index (χ2v) is 3.67. The highest BCUT2D eigenvalue weighted by Crippen LogP contribution is 2.51. The van der Waals surface area contributed by atoms with E-state index in [2.05, 4.69) is 10.4 Å². The highest BCUT2D eigenvalue weighted by atomic mass is 19.3. The molecular formula is C8H15F2N3. The molecule has 0 heterocycles. The molecule has 0 radical (unpaired) electrons. The Labute approximate surface area is 76.4 Å². The molecule has 0 unspecified atom stereocenters. The summed E-state index contributed by atoms with van der Waals surface area (Å²) in [5.41, 5.74) is 1.22. The van der Waals surface area contributed by atoms with Crippen LogP contribution >= 0.6 is 0 Å². The highest BCUT2D eigenvalue weighted by molar-refractivity contribution is 5.90. The van der Waals surface area contributed by atoms with Crippen molar-refractivity contribution >= 4 is 5.84 Å². The van der Waals surface area contributed by atoms with Crippen molar-refractivity contribution in [3.05, 3.63) is 0 Å². The molecule has 3 N–H and O–H groups in total. The molecule has 76 valence electrons. The first-order chi connectivity index (χ1) is 6.03. The molecule has 13 heavy (non-hydrogen) atoms. The van der Waals surface area contributed by atoms with Gasteiger partial charge in [-0.25, -0.2) is 14.6 Å². The average Bonchev–Trinajstić information content (AvgIpc) is 2.79. The Kier molecular flexibility index (Phi) is 2.85. The van der Waals surface area contributed by atoms with Crippen LogP contribution in [0.4, 0.5) is 8.78 Å². The average molecular weight is 191 g/mol. The molecule has 0 saturated heterocycles. The van der Waals surface area contributed by atoms with Crippen LogP contribution in [0.3, 0.4) is 0 Å². The largest absolute Gasteiger partial charge is 0.312 e. The minimum Gasteiger partial charge on any atom is -0.312 e. The molecule has 1 rings (SSSR count). The third kappa shape index (κ3) is 1.96. The van der Waals surface area contributed by atoms with Gasteiger partial charge in [-0.2, -0.15) is 0 Å². The molecule has 0 bridgehead atoms. The second-order valence-electron chi connectivity index (χ2n) is 3.67. The number of nitrogens with two attached hydrogens (primary N) is 1. The van der Waals surface area contributed by atoms with Crippen LogP contribution < -0.4 is 11.3 Å². The lowest BCUT2D eigenvalue weighted by molar-refractivity contribution is 0.0949. The van der Waals surface area contributed by atoms with E-state index in [0.29, 0.717) is 12.8 Å². The minimum atomic E-state index is -2.37. The smallest absolute Gasteiger partial charge is 0.251 e. The minimum absolute atomic E-state index is 0.0118. The lowest BCUT2D eigenvalue weighted by Gasteiger charge is -2.17. The number of hydrogen-bond acceptors (Lipinski definition) is 2. The molecule has 5 heteroatoms.